The zero-order valence-corrected chi connectivity index (χ0v) is 12.3. The fourth-order valence-corrected chi connectivity index (χ4v) is 2.26. The van der Waals surface area contributed by atoms with E-state index in [9.17, 15) is 0 Å². The van der Waals surface area contributed by atoms with Crippen molar-refractivity contribution in [3.05, 3.63) is 24.0 Å². The number of hydrogen-bond acceptors (Lipinski definition) is 4. The van der Waals surface area contributed by atoms with Crippen molar-refractivity contribution in [1.29, 1.82) is 0 Å². The molecule has 0 radical (unpaired) electrons. The summed E-state index contributed by atoms with van der Waals surface area (Å²) >= 11 is 0. The molecular formula is C15H24N2O2. The molecule has 0 spiro atoms. The van der Waals surface area contributed by atoms with Crippen molar-refractivity contribution in [2.24, 2.45) is 0 Å². The van der Waals surface area contributed by atoms with Gasteiger partial charge in [-0.15, -0.1) is 0 Å². The molecule has 0 bridgehead atoms. The molecule has 1 aliphatic rings. The number of aromatic nitrogens is 1. The summed E-state index contributed by atoms with van der Waals surface area (Å²) < 4.78 is 10.8. The minimum atomic E-state index is 0.0993. The fourth-order valence-electron chi connectivity index (χ4n) is 2.26. The van der Waals surface area contributed by atoms with Crippen molar-refractivity contribution in [2.75, 3.05) is 38.3 Å². The molecule has 0 unspecified atom stereocenters. The van der Waals surface area contributed by atoms with Gasteiger partial charge < -0.3 is 14.4 Å². The van der Waals surface area contributed by atoms with E-state index >= 15 is 0 Å². The normalized spacial score (nSPS) is 20.6. The highest BCUT2D eigenvalue weighted by molar-refractivity contribution is 5.45. The van der Waals surface area contributed by atoms with Gasteiger partial charge in [0.1, 0.15) is 0 Å². The quantitative estimate of drug-likeness (QED) is 0.838. The molecular weight excluding hydrogens is 240 g/mol. The van der Waals surface area contributed by atoms with E-state index in [2.05, 4.69) is 42.8 Å². The molecule has 1 aromatic heterocycles. The summed E-state index contributed by atoms with van der Waals surface area (Å²) in [6.07, 6.45) is 2.12. The first-order valence-electron chi connectivity index (χ1n) is 6.83. The number of methoxy groups -OCH3 is 1. The first-order valence-corrected chi connectivity index (χ1v) is 6.83. The van der Waals surface area contributed by atoms with Crippen LogP contribution in [0.4, 0.5) is 5.69 Å². The van der Waals surface area contributed by atoms with Crippen molar-refractivity contribution < 1.29 is 9.47 Å². The van der Waals surface area contributed by atoms with Gasteiger partial charge in [-0.1, -0.05) is 20.8 Å². The molecule has 0 N–H and O–H groups in total. The maximum Gasteiger partial charge on any atom is 0.0983 e. The number of hydrogen-bond donors (Lipinski definition) is 0. The van der Waals surface area contributed by atoms with Gasteiger partial charge in [-0.05, 0) is 12.1 Å². The monoisotopic (exact) mass is 264 g/mol. The smallest absolute Gasteiger partial charge is 0.0983 e. The summed E-state index contributed by atoms with van der Waals surface area (Å²) in [6, 6.07) is 4.28. The van der Waals surface area contributed by atoms with E-state index in [1.165, 1.54) is 0 Å². The average Bonchev–Trinajstić information content (AvgIpc) is 2.39. The van der Waals surface area contributed by atoms with Crippen LogP contribution in [0.2, 0.25) is 0 Å². The zero-order valence-electron chi connectivity index (χ0n) is 12.3. The van der Waals surface area contributed by atoms with Gasteiger partial charge in [0, 0.05) is 31.3 Å². The first-order chi connectivity index (χ1) is 9.00. The molecule has 4 nitrogen and oxygen atoms in total. The number of ether oxygens (including phenoxy) is 2. The number of rotatable bonds is 3. The Labute approximate surface area is 115 Å². The third-order valence-electron chi connectivity index (χ3n) is 3.37. The second-order valence-corrected chi connectivity index (χ2v) is 6.05. The van der Waals surface area contributed by atoms with E-state index in [0.29, 0.717) is 6.61 Å². The Morgan fingerprint density at radius 3 is 2.79 bits per heavy atom. The van der Waals surface area contributed by atoms with Crippen LogP contribution in [0.3, 0.4) is 0 Å². The lowest BCUT2D eigenvalue weighted by Crippen LogP contribution is -2.44. The van der Waals surface area contributed by atoms with Gasteiger partial charge in [0.25, 0.3) is 0 Å². The molecule has 0 aromatic carbocycles. The van der Waals surface area contributed by atoms with Gasteiger partial charge in [0.2, 0.25) is 0 Å². The minimum absolute atomic E-state index is 0.0993. The van der Waals surface area contributed by atoms with E-state index in [1.54, 1.807) is 7.11 Å². The Bertz CT molecular complexity index is 396. The summed E-state index contributed by atoms with van der Waals surface area (Å²) in [4.78, 5) is 6.89. The van der Waals surface area contributed by atoms with Crippen LogP contribution >= 0.6 is 0 Å². The zero-order chi connectivity index (χ0) is 13.9. The van der Waals surface area contributed by atoms with E-state index in [4.69, 9.17) is 9.47 Å². The van der Waals surface area contributed by atoms with Crippen LogP contribution in [-0.2, 0) is 14.9 Å². The number of anilines is 1. The lowest BCUT2D eigenvalue weighted by atomic mass is 9.92. The van der Waals surface area contributed by atoms with Crippen LogP contribution in [-0.4, -0.2) is 44.5 Å². The molecule has 0 saturated carbocycles. The Morgan fingerprint density at radius 1 is 1.42 bits per heavy atom. The molecule has 0 aliphatic carbocycles. The number of nitrogens with zero attached hydrogens (tertiary/aromatic N) is 2. The van der Waals surface area contributed by atoms with Crippen LogP contribution in [0.25, 0.3) is 0 Å². The molecule has 0 amide bonds. The van der Waals surface area contributed by atoms with Crippen LogP contribution < -0.4 is 4.90 Å². The largest absolute Gasteiger partial charge is 0.382 e. The maximum absolute atomic E-state index is 5.66. The summed E-state index contributed by atoms with van der Waals surface area (Å²) in [5.74, 6) is 0. The van der Waals surface area contributed by atoms with Crippen molar-refractivity contribution in [1.82, 2.24) is 4.98 Å². The molecule has 1 fully saturated rings. The minimum Gasteiger partial charge on any atom is -0.382 e. The Hall–Kier alpha value is -1.13. The molecule has 19 heavy (non-hydrogen) atoms. The van der Waals surface area contributed by atoms with E-state index in [-0.39, 0.29) is 11.5 Å². The molecule has 2 heterocycles. The lowest BCUT2D eigenvalue weighted by molar-refractivity contribution is -0.0100. The van der Waals surface area contributed by atoms with Gasteiger partial charge in [-0.3, -0.25) is 4.98 Å². The van der Waals surface area contributed by atoms with Crippen molar-refractivity contribution in [3.8, 4) is 0 Å². The Balaban J connectivity index is 2.05. The molecule has 1 atom stereocenters. The Kier molecular flexibility index (Phi) is 4.42. The van der Waals surface area contributed by atoms with Gasteiger partial charge in [0.15, 0.2) is 0 Å². The third kappa shape index (κ3) is 3.67. The highest BCUT2D eigenvalue weighted by Crippen LogP contribution is 2.23. The molecule has 4 heteroatoms. The molecule has 1 aliphatic heterocycles. The Morgan fingerprint density at radius 2 is 2.21 bits per heavy atom. The predicted octanol–water partition coefficient (Wildman–Crippen LogP) is 2.23. The first kappa shape index (κ1) is 14.3. The third-order valence-corrected chi connectivity index (χ3v) is 3.37. The molecule has 2 rings (SSSR count). The van der Waals surface area contributed by atoms with Gasteiger partial charge >= 0.3 is 0 Å². The SMILES string of the molecule is COC[C@@H]1CN(c2ccc(C(C)(C)C)nc2)CCO1. The summed E-state index contributed by atoms with van der Waals surface area (Å²) in [7, 11) is 1.71. The summed E-state index contributed by atoms with van der Waals surface area (Å²) in [5, 5.41) is 0. The topological polar surface area (TPSA) is 34.6 Å². The lowest BCUT2D eigenvalue weighted by Gasteiger charge is -2.34. The van der Waals surface area contributed by atoms with Crippen molar-refractivity contribution in [2.45, 2.75) is 32.3 Å². The average molecular weight is 264 g/mol. The van der Waals surface area contributed by atoms with Crippen LogP contribution in [0, 0.1) is 0 Å². The maximum atomic E-state index is 5.66. The molecule has 106 valence electrons. The fraction of sp³-hybridized carbons (Fsp3) is 0.667. The summed E-state index contributed by atoms with van der Waals surface area (Å²) in [5.41, 5.74) is 2.39. The van der Waals surface area contributed by atoms with Crippen LogP contribution in [0.1, 0.15) is 26.5 Å². The van der Waals surface area contributed by atoms with E-state index in [0.717, 1.165) is 31.1 Å². The van der Waals surface area contributed by atoms with Crippen molar-refractivity contribution >= 4 is 5.69 Å². The van der Waals surface area contributed by atoms with Crippen LogP contribution in [0.15, 0.2) is 18.3 Å². The predicted molar refractivity (Wildman–Crippen MR) is 76.8 cm³/mol. The summed E-state index contributed by atoms with van der Waals surface area (Å²) in [6.45, 7) is 9.70. The van der Waals surface area contributed by atoms with E-state index in [1.807, 2.05) is 6.20 Å². The molecule has 1 saturated heterocycles. The van der Waals surface area contributed by atoms with Crippen LogP contribution in [0.5, 0.6) is 0 Å². The highest BCUT2D eigenvalue weighted by atomic mass is 16.5. The second-order valence-electron chi connectivity index (χ2n) is 6.05. The molecule has 1 aromatic rings. The highest BCUT2D eigenvalue weighted by Gasteiger charge is 2.21. The van der Waals surface area contributed by atoms with Crippen molar-refractivity contribution in [3.63, 3.8) is 0 Å². The van der Waals surface area contributed by atoms with Gasteiger partial charge in [-0.2, -0.15) is 0 Å². The standard InChI is InChI=1S/C15H24N2O2/c1-15(2,3)14-6-5-12(9-16-14)17-7-8-19-13(10-17)11-18-4/h5-6,9,13H,7-8,10-11H2,1-4H3/t13-/m0/s1. The van der Waals surface area contributed by atoms with Gasteiger partial charge in [-0.25, -0.2) is 0 Å². The van der Waals surface area contributed by atoms with Gasteiger partial charge in [0.05, 0.1) is 31.2 Å². The van der Waals surface area contributed by atoms with E-state index < -0.39 is 0 Å². The number of pyridine rings is 1. The number of morpholine rings is 1. The second kappa shape index (κ2) is 5.88.